The third-order valence-electron chi connectivity index (χ3n) is 6.94. The van der Waals surface area contributed by atoms with Crippen LogP contribution in [0.2, 0.25) is 10.0 Å². The zero-order chi connectivity index (χ0) is 28.8. The molecule has 1 N–H and O–H groups in total. The highest BCUT2D eigenvalue weighted by molar-refractivity contribution is 6.36. The Balaban J connectivity index is 1.43. The van der Waals surface area contributed by atoms with E-state index in [1.807, 2.05) is 42.6 Å². The fourth-order valence-corrected chi connectivity index (χ4v) is 5.24. The van der Waals surface area contributed by atoms with E-state index in [2.05, 4.69) is 65.3 Å². The van der Waals surface area contributed by atoms with Gasteiger partial charge >= 0.3 is 5.97 Å². The molecule has 1 heterocycles. The van der Waals surface area contributed by atoms with Gasteiger partial charge in [-0.2, -0.15) is 0 Å². The molecular formula is C34H31Cl2N3O2. The van der Waals surface area contributed by atoms with Crippen molar-refractivity contribution >= 4 is 34.9 Å². The van der Waals surface area contributed by atoms with E-state index in [-0.39, 0.29) is 12.5 Å². The zero-order valence-corrected chi connectivity index (χ0v) is 24.5. The lowest BCUT2D eigenvalue weighted by atomic mass is 10.0. The summed E-state index contributed by atoms with van der Waals surface area (Å²) < 4.78 is 6.79. The summed E-state index contributed by atoms with van der Waals surface area (Å²) in [5.74, 6) is 0.549. The van der Waals surface area contributed by atoms with Crippen molar-refractivity contribution in [1.29, 1.82) is 0 Å². The quantitative estimate of drug-likeness (QED) is 0.167. The van der Waals surface area contributed by atoms with Crippen LogP contribution in [-0.2, 0) is 22.4 Å². The molecule has 0 bridgehead atoms. The minimum atomic E-state index is -0.324. The van der Waals surface area contributed by atoms with Gasteiger partial charge in [0.1, 0.15) is 12.4 Å². The van der Waals surface area contributed by atoms with Crippen molar-refractivity contribution in [3.05, 3.63) is 124 Å². The first-order valence-corrected chi connectivity index (χ1v) is 14.3. The number of anilines is 1. The second kappa shape index (κ2) is 13.1. The van der Waals surface area contributed by atoms with Crippen LogP contribution in [0.1, 0.15) is 30.3 Å². The normalized spacial score (nSPS) is 10.9. The van der Waals surface area contributed by atoms with Gasteiger partial charge in [0.05, 0.1) is 17.8 Å². The molecule has 0 spiro atoms. The van der Waals surface area contributed by atoms with Crippen molar-refractivity contribution in [1.82, 2.24) is 9.55 Å². The fraction of sp³-hybridized carbons (Fsp3) is 0.176. The summed E-state index contributed by atoms with van der Waals surface area (Å²) in [6, 6.07) is 30.7. The highest BCUT2D eigenvalue weighted by Gasteiger charge is 2.15. The SMILES string of the molecule is CCCc1ccc(-c2ccc(Cc3nc(-c4ccc(Cl)cc4Cl)cn3-c3ccc(NCC(=O)OC)cc3)cc2)cc1. The second-order valence-electron chi connectivity index (χ2n) is 9.83. The van der Waals surface area contributed by atoms with Crippen molar-refractivity contribution in [2.45, 2.75) is 26.2 Å². The zero-order valence-electron chi connectivity index (χ0n) is 23.0. The summed E-state index contributed by atoms with van der Waals surface area (Å²) >= 11 is 12.7. The summed E-state index contributed by atoms with van der Waals surface area (Å²) in [6.07, 6.45) is 4.87. The highest BCUT2D eigenvalue weighted by Crippen LogP contribution is 2.31. The summed E-state index contributed by atoms with van der Waals surface area (Å²) in [7, 11) is 1.37. The summed E-state index contributed by atoms with van der Waals surface area (Å²) in [4.78, 5) is 16.5. The molecule has 0 fully saturated rings. The minimum absolute atomic E-state index is 0.101. The van der Waals surface area contributed by atoms with E-state index >= 15 is 0 Å². The Hall–Kier alpha value is -4.06. The maximum Gasteiger partial charge on any atom is 0.325 e. The Morgan fingerprint density at radius 1 is 0.878 bits per heavy atom. The molecule has 0 radical (unpaired) electrons. The molecule has 208 valence electrons. The monoisotopic (exact) mass is 583 g/mol. The van der Waals surface area contributed by atoms with E-state index in [1.165, 1.54) is 23.8 Å². The van der Waals surface area contributed by atoms with Gasteiger partial charge in [0.25, 0.3) is 0 Å². The van der Waals surface area contributed by atoms with E-state index in [0.29, 0.717) is 16.5 Å². The van der Waals surface area contributed by atoms with Gasteiger partial charge in [0.2, 0.25) is 0 Å². The average molecular weight is 585 g/mol. The molecule has 1 aromatic heterocycles. The number of carbonyl (C=O) groups is 1. The fourth-order valence-electron chi connectivity index (χ4n) is 4.73. The van der Waals surface area contributed by atoms with Gasteiger partial charge in [-0.25, -0.2) is 4.98 Å². The number of aryl methyl sites for hydroxylation is 1. The molecule has 5 rings (SSSR count). The molecule has 0 aliphatic rings. The number of ether oxygens (including phenoxy) is 1. The molecule has 7 heteroatoms. The summed E-state index contributed by atoms with van der Waals surface area (Å²) in [6.45, 7) is 2.30. The van der Waals surface area contributed by atoms with Crippen molar-refractivity contribution in [3.8, 4) is 28.1 Å². The smallest absolute Gasteiger partial charge is 0.325 e. The lowest BCUT2D eigenvalue weighted by molar-refractivity contribution is -0.138. The van der Waals surface area contributed by atoms with Crippen LogP contribution >= 0.6 is 23.2 Å². The number of aromatic nitrogens is 2. The number of nitrogens with zero attached hydrogens (tertiary/aromatic N) is 2. The molecule has 5 nitrogen and oxygen atoms in total. The standard InChI is InChI=1S/C34H31Cl2N3O2/c1-3-4-23-5-9-25(10-6-23)26-11-7-24(8-12-26)19-33-38-32(30-18-13-27(35)20-31(30)36)22-39(33)29-16-14-28(15-17-29)37-21-34(40)41-2/h5-18,20,22,37H,3-4,19,21H2,1-2H3. The van der Waals surface area contributed by atoms with E-state index in [4.69, 9.17) is 32.9 Å². The topological polar surface area (TPSA) is 56.2 Å². The number of halogens is 2. The van der Waals surface area contributed by atoms with Crippen LogP contribution in [-0.4, -0.2) is 29.2 Å². The molecule has 0 unspecified atom stereocenters. The van der Waals surface area contributed by atoms with E-state index in [0.717, 1.165) is 46.9 Å². The van der Waals surface area contributed by atoms with Crippen molar-refractivity contribution in [3.63, 3.8) is 0 Å². The molecule has 0 saturated carbocycles. The number of hydrogen-bond donors (Lipinski definition) is 1. The number of carbonyl (C=O) groups excluding carboxylic acids is 1. The van der Waals surface area contributed by atoms with E-state index in [1.54, 1.807) is 6.07 Å². The van der Waals surface area contributed by atoms with Gasteiger partial charge in [-0.1, -0.05) is 85.1 Å². The largest absolute Gasteiger partial charge is 0.468 e. The van der Waals surface area contributed by atoms with E-state index < -0.39 is 0 Å². The molecule has 5 aromatic rings. The molecule has 0 atom stereocenters. The van der Waals surface area contributed by atoms with Gasteiger partial charge in [-0.3, -0.25) is 4.79 Å². The highest BCUT2D eigenvalue weighted by atomic mass is 35.5. The van der Waals surface area contributed by atoms with Crippen molar-refractivity contribution in [2.75, 3.05) is 19.0 Å². The van der Waals surface area contributed by atoms with Crippen molar-refractivity contribution in [2.24, 2.45) is 0 Å². The van der Waals surface area contributed by atoms with Gasteiger partial charge in [0, 0.05) is 34.6 Å². The lowest BCUT2D eigenvalue weighted by Crippen LogP contribution is -2.14. The van der Waals surface area contributed by atoms with Crippen LogP contribution in [0.15, 0.2) is 97.2 Å². The first-order valence-electron chi connectivity index (χ1n) is 13.6. The number of rotatable bonds is 10. The third-order valence-corrected chi connectivity index (χ3v) is 7.49. The molecule has 0 aliphatic heterocycles. The predicted molar refractivity (Wildman–Crippen MR) is 168 cm³/mol. The first kappa shape index (κ1) is 28.5. The van der Waals surface area contributed by atoms with Crippen molar-refractivity contribution < 1.29 is 9.53 Å². The van der Waals surface area contributed by atoms with Crippen LogP contribution in [0.4, 0.5) is 5.69 Å². The third kappa shape index (κ3) is 6.99. The van der Waals surface area contributed by atoms with Gasteiger partial charge < -0.3 is 14.6 Å². The number of hydrogen-bond acceptors (Lipinski definition) is 4. The van der Waals surface area contributed by atoms with Crippen LogP contribution in [0, 0.1) is 0 Å². The second-order valence-corrected chi connectivity index (χ2v) is 10.7. The molecular weight excluding hydrogens is 553 g/mol. The number of nitrogens with one attached hydrogen (secondary N) is 1. The maximum absolute atomic E-state index is 11.5. The number of benzene rings is 4. The molecule has 4 aromatic carbocycles. The molecule has 0 saturated heterocycles. The first-order chi connectivity index (χ1) is 19.9. The Morgan fingerprint density at radius 3 is 2.15 bits per heavy atom. The summed E-state index contributed by atoms with van der Waals surface area (Å²) in [5, 5.41) is 4.19. The Kier molecular flexibility index (Phi) is 9.07. The Bertz CT molecular complexity index is 1630. The Morgan fingerprint density at radius 2 is 1.54 bits per heavy atom. The number of imidazole rings is 1. The molecule has 0 aliphatic carbocycles. The molecule has 41 heavy (non-hydrogen) atoms. The average Bonchev–Trinajstić information content (AvgIpc) is 3.40. The van der Waals surface area contributed by atoms with Gasteiger partial charge in [-0.05, 0) is 71.1 Å². The van der Waals surface area contributed by atoms with Crippen LogP contribution < -0.4 is 5.32 Å². The predicted octanol–water partition coefficient (Wildman–Crippen LogP) is 8.64. The summed E-state index contributed by atoms with van der Waals surface area (Å²) in [5.41, 5.74) is 8.24. The van der Waals surface area contributed by atoms with Gasteiger partial charge in [0.15, 0.2) is 0 Å². The maximum atomic E-state index is 11.5. The number of esters is 1. The number of methoxy groups -OCH3 is 1. The van der Waals surface area contributed by atoms with Crippen LogP contribution in [0.3, 0.4) is 0 Å². The lowest BCUT2D eigenvalue weighted by Gasteiger charge is -2.10. The van der Waals surface area contributed by atoms with Crippen LogP contribution in [0.25, 0.3) is 28.1 Å². The van der Waals surface area contributed by atoms with E-state index in [9.17, 15) is 4.79 Å². The molecule has 0 amide bonds. The Labute approximate surface area is 250 Å². The minimum Gasteiger partial charge on any atom is -0.468 e. The van der Waals surface area contributed by atoms with Crippen LogP contribution in [0.5, 0.6) is 0 Å². The van der Waals surface area contributed by atoms with Gasteiger partial charge in [-0.15, -0.1) is 0 Å².